The van der Waals surface area contributed by atoms with Crippen LogP contribution in [0.2, 0.25) is 23.2 Å². The quantitative estimate of drug-likeness (QED) is 0.356. The van der Waals surface area contributed by atoms with Crippen molar-refractivity contribution in [3.8, 4) is 5.75 Å². The predicted octanol–water partition coefficient (Wildman–Crippen LogP) is 4.44. The van der Waals surface area contributed by atoms with E-state index >= 15 is 0 Å². The van der Waals surface area contributed by atoms with Crippen LogP contribution in [0, 0.1) is 10.1 Å². The molecule has 0 amide bonds. The van der Waals surface area contributed by atoms with Gasteiger partial charge in [-0.05, 0) is 24.2 Å². The van der Waals surface area contributed by atoms with E-state index in [0.29, 0.717) is 6.29 Å². The Balaban J connectivity index is 3.44. The number of aldehydes is 1. The molecule has 0 N–H and O–H groups in total. The van der Waals surface area contributed by atoms with E-state index in [0.717, 1.165) is 0 Å². The predicted molar refractivity (Wildman–Crippen MR) is 81.3 cm³/mol. The Hall–Kier alpha value is -1.40. The van der Waals surface area contributed by atoms with Gasteiger partial charge in [0.2, 0.25) is 0 Å². The zero-order chi connectivity index (χ0) is 15.7. The Morgan fingerprint density at radius 3 is 2.30 bits per heavy atom. The number of benzene rings is 1. The number of carbonyl (C=O) groups excluding carboxylic acids is 1. The van der Waals surface area contributed by atoms with Gasteiger partial charge in [0.15, 0.2) is 12.0 Å². The molecule has 0 heterocycles. The first kappa shape index (κ1) is 16.7. The van der Waals surface area contributed by atoms with Gasteiger partial charge in [-0.1, -0.05) is 32.4 Å². The number of halogens is 1. The van der Waals surface area contributed by atoms with E-state index in [4.69, 9.17) is 16.0 Å². The molecule has 0 bridgehead atoms. The number of rotatable bonds is 4. The SMILES string of the molecule is CC(C)(C)[Si](C)(C)Oc1c(C=O)cc(Cl)cc1[N+](=O)[O-]. The highest BCUT2D eigenvalue weighted by Crippen LogP contribution is 2.41. The number of nitro benzene ring substituents is 1. The zero-order valence-electron chi connectivity index (χ0n) is 12.2. The number of hydrogen-bond donors (Lipinski definition) is 0. The third-order valence-electron chi connectivity index (χ3n) is 3.55. The second-order valence-electron chi connectivity index (χ2n) is 6.08. The first-order valence-corrected chi connectivity index (χ1v) is 9.40. The lowest BCUT2D eigenvalue weighted by Crippen LogP contribution is -2.44. The molecule has 0 saturated carbocycles. The highest BCUT2D eigenvalue weighted by molar-refractivity contribution is 6.74. The Kier molecular flexibility index (Phi) is 4.61. The van der Waals surface area contributed by atoms with Gasteiger partial charge in [-0.2, -0.15) is 0 Å². The van der Waals surface area contributed by atoms with Crippen LogP contribution < -0.4 is 4.43 Å². The second-order valence-corrected chi connectivity index (χ2v) is 11.2. The molecule has 0 aromatic heterocycles. The van der Waals surface area contributed by atoms with E-state index in [1.54, 1.807) is 0 Å². The lowest BCUT2D eigenvalue weighted by atomic mass is 10.2. The first-order valence-electron chi connectivity index (χ1n) is 6.12. The maximum Gasteiger partial charge on any atom is 0.311 e. The van der Waals surface area contributed by atoms with Crippen molar-refractivity contribution >= 4 is 31.9 Å². The van der Waals surface area contributed by atoms with Gasteiger partial charge in [0.1, 0.15) is 0 Å². The van der Waals surface area contributed by atoms with E-state index < -0.39 is 13.2 Å². The van der Waals surface area contributed by atoms with Crippen molar-refractivity contribution in [2.45, 2.75) is 38.9 Å². The van der Waals surface area contributed by atoms with Crippen LogP contribution in [0.3, 0.4) is 0 Å². The second kappa shape index (κ2) is 5.53. The molecule has 0 spiro atoms. The molecule has 1 aromatic carbocycles. The summed E-state index contributed by atoms with van der Waals surface area (Å²) in [6.07, 6.45) is 0.529. The molecule has 7 heteroatoms. The monoisotopic (exact) mass is 315 g/mol. The highest BCUT2D eigenvalue weighted by atomic mass is 35.5. The fourth-order valence-corrected chi connectivity index (χ4v) is 2.60. The van der Waals surface area contributed by atoms with Crippen molar-refractivity contribution in [3.63, 3.8) is 0 Å². The number of nitrogens with zero attached hydrogens (tertiary/aromatic N) is 1. The van der Waals surface area contributed by atoms with Gasteiger partial charge in [-0.25, -0.2) is 0 Å². The lowest BCUT2D eigenvalue weighted by molar-refractivity contribution is -0.385. The smallest absolute Gasteiger partial charge is 0.311 e. The molecule has 0 radical (unpaired) electrons. The summed E-state index contributed by atoms with van der Waals surface area (Å²) in [6.45, 7) is 9.96. The van der Waals surface area contributed by atoms with Gasteiger partial charge in [0, 0.05) is 11.1 Å². The lowest BCUT2D eigenvalue weighted by Gasteiger charge is -2.36. The summed E-state index contributed by atoms with van der Waals surface area (Å²) in [7, 11) is -2.29. The van der Waals surface area contributed by atoms with Crippen LogP contribution in [0.1, 0.15) is 31.1 Å². The third kappa shape index (κ3) is 3.37. The Bertz CT molecular complexity index is 552. The molecule has 1 rings (SSSR count). The molecule has 0 atom stereocenters. The van der Waals surface area contributed by atoms with Crippen LogP contribution in [-0.4, -0.2) is 19.5 Å². The molecule has 0 unspecified atom stereocenters. The fourth-order valence-electron chi connectivity index (χ4n) is 1.34. The minimum Gasteiger partial charge on any atom is -0.538 e. The molecule has 1 aromatic rings. The van der Waals surface area contributed by atoms with Crippen molar-refractivity contribution in [1.29, 1.82) is 0 Å². The summed E-state index contributed by atoms with van der Waals surface area (Å²) >= 11 is 5.80. The average Bonchev–Trinajstić information content (AvgIpc) is 2.28. The van der Waals surface area contributed by atoms with E-state index in [9.17, 15) is 14.9 Å². The van der Waals surface area contributed by atoms with Crippen LogP contribution in [0.25, 0.3) is 0 Å². The number of nitro groups is 1. The summed E-state index contributed by atoms with van der Waals surface area (Å²) in [5.74, 6) is 0.0148. The number of carbonyl (C=O) groups is 1. The van der Waals surface area contributed by atoms with Gasteiger partial charge in [0.25, 0.3) is 8.32 Å². The average molecular weight is 316 g/mol. The molecule has 0 aliphatic rings. The third-order valence-corrected chi connectivity index (χ3v) is 8.09. The minimum atomic E-state index is -2.29. The van der Waals surface area contributed by atoms with Gasteiger partial charge >= 0.3 is 5.69 Å². The molecule has 110 valence electrons. The summed E-state index contributed by atoms with van der Waals surface area (Å²) in [5.41, 5.74) is -0.168. The first-order chi connectivity index (χ1) is 8.99. The van der Waals surface area contributed by atoms with Gasteiger partial charge in [0.05, 0.1) is 10.5 Å². The maximum absolute atomic E-state index is 11.1. The van der Waals surface area contributed by atoms with Crippen LogP contribution in [0.4, 0.5) is 5.69 Å². The van der Waals surface area contributed by atoms with Crippen LogP contribution in [-0.2, 0) is 0 Å². The Morgan fingerprint density at radius 1 is 1.35 bits per heavy atom. The largest absolute Gasteiger partial charge is 0.538 e. The normalized spacial score (nSPS) is 12.1. The fraction of sp³-hybridized carbons (Fsp3) is 0.462. The molecular weight excluding hydrogens is 298 g/mol. The van der Waals surface area contributed by atoms with Crippen molar-refractivity contribution in [3.05, 3.63) is 32.8 Å². The number of hydrogen-bond acceptors (Lipinski definition) is 4. The van der Waals surface area contributed by atoms with Crippen molar-refractivity contribution in [2.75, 3.05) is 0 Å². The molecule has 0 saturated heterocycles. The van der Waals surface area contributed by atoms with Crippen LogP contribution >= 0.6 is 11.6 Å². The minimum absolute atomic E-state index is 0.0148. The molecular formula is C13H18ClNO4Si. The van der Waals surface area contributed by atoms with E-state index in [-0.39, 0.29) is 27.1 Å². The van der Waals surface area contributed by atoms with E-state index in [2.05, 4.69) is 0 Å². The molecule has 0 fully saturated rings. The van der Waals surface area contributed by atoms with Gasteiger partial charge in [-0.15, -0.1) is 0 Å². The molecule has 0 aliphatic carbocycles. The molecule has 0 aliphatic heterocycles. The van der Waals surface area contributed by atoms with Gasteiger partial charge in [-0.3, -0.25) is 14.9 Å². The summed E-state index contributed by atoms with van der Waals surface area (Å²) < 4.78 is 5.94. The summed E-state index contributed by atoms with van der Waals surface area (Å²) in [4.78, 5) is 21.7. The standard InChI is InChI=1S/C13H18ClNO4Si/c1-13(2,3)20(4,5)19-12-9(8-16)6-10(14)7-11(12)15(17)18/h6-8H,1-5H3. The van der Waals surface area contributed by atoms with E-state index in [1.807, 2.05) is 33.9 Å². The summed E-state index contributed by atoms with van der Waals surface area (Å²) in [6, 6.07) is 2.58. The topological polar surface area (TPSA) is 69.4 Å². The maximum atomic E-state index is 11.1. The zero-order valence-corrected chi connectivity index (χ0v) is 13.9. The van der Waals surface area contributed by atoms with Crippen LogP contribution in [0.5, 0.6) is 5.75 Å². The van der Waals surface area contributed by atoms with Crippen LogP contribution in [0.15, 0.2) is 12.1 Å². The van der Waals surface area contributed by atoms with Gasteiger partial charge < -0.3 is 4.43 Å². The Labute approximate surface area is 124 Å². The Morgan fingerprint density at radius 2 is 1.90 bits per heavy atom. The molecule has 5 nitrogen and oxygen atoms in total. The van der Waals surface area contributed by atoms with Crippen molar-refractivity contribution < 1.29 is 14.1 Å². The highest BCUT2D eigenvalue weighted by Gasteiger charge is 2.41. The van der Waals surface area contributed by atoms with Crippen molar-refractivity contribution in [1.82, 2.24) is 0 Å². The van der Waals surface area contributed by atoms with Crippen molar-refractivity contribution in [2.24, 2.45) is 0 Å². The molecule has 20 heavy (non-hydrogen) atoms. The van der Waals surface area contributed by atoms with E-state index in [1.165, 1.54) is 12.1 Å². The summed E-state index contributed by atoms with van der Waals surface area (Å²) in [5, 5.41) is 11.1.